The Morgan fingerprint density at radius 2 is 1.79 bits per heavy atom. The fraction of sp³-hybridized carbons (Fsp3) is 0.350. The summed E-state index contributed by atoms with van der Waals surface area (Å²) < 4.78 is 10.7. The van der Waals surface area contributed by atoms with E-state index in [1.165, 1.54) is 0 Å². The van der Waals surface area contributed by atoms with E-state index in [9.17, 15) is 4.79 Å². The molecule has 0 atom stereocenters. The Bertz CT molecular complexity index is 708. The molecule has 2 aromatic rings. The van der Waals surface area contributed by atoms with Crippen LogP contribution in [0.25, 0.3) is 0 Å². The summed E-state index contributed by atoms with van der Waals surface area (Å²) in [6.07, 6.45) is 2.89. The molecule has 1 saturated carbocycles. The van der Waals surface area contributed by atoms with Gasteiger partial charge in [0.05, 0.1) is 19.6 Å². The van der Waals surface area contributed by atoms with Crippen LogP contribution in [0.3, 0.4) is 0 Å². The first-order valence-electron chi connectivity index (χ1n) is 8.25. The third-order valence-corrected chi connectivity index (χ3v) is 4.89. The van der Waals surface area contributed by atoms with Gasteiger partial charge in [-0.2, -0.15) is 0 Å². The fourth-order valence-corrected chi connectivity index (χ4v) is 3.37. The highest BCUT2D eigenvalue weighted by atomic mass is 16.5. The molecule has 0 saturated heterocycles. The van der Waals surface area contributed by atoms with Gasteiger partial charge in [0.15, 0.2) is 11.5 Å². The highest BCUT2D eigenvalue weighted by Crippen LogP contribution is 2.44. The molecule has 4 heteroatoms. The first-order chi connectivity index (χ1) is 11.7. The lowest BCUT2D eigenvalue weighted by molar-refractivity contribution is -0.130. The molecule has 1 fully saturated rings. The summed E-state index contributed by atoms with van der Waals surface area (Å²) in [7, 11) is 3.22. The second-order valence-electron chi connectivity index (χ2n) is 6.14. The third kappa shape index (κ3) is 2.84. The smallest absolute Gasteiger partial charge is 0.230 e. The average molecular weight is 325 g/mol. The Morgan fingerprint density at radius 3 is 2.38 bits per heavy atom. The van der Waals surface area contributed by atoms with Crippen molar-refractivity contribution in [1.29, 1.82) is 0 Å². The Labute approximate surface area is 142 Å². The monoisotopic (exact) mass is 325 g/mol. The zero-order valence-electron chi connectivity index (χ0n) is 14.2. The maximum atomic E-state index is 12.9. The summed E-state index contributed by atoms with van der Waals surface area (Å²) in [5, 5.41) is 3.09. The number of hydrogen-bond acceptors (Lipinski definition) is 3. The van der Waals surface area contributed by atoms with Crippen molar-refractivity contribution in [3.05, 3.63) is 59.7 Å². The van der Waals surface area contributed by atoms with Crippen LogP contribution in [0.1, 0.15) is 30.4 Å². The van der Waals surface area contributed by atoms with E-state index in [0.717, 1.165) is 30.4 Å². The number of benzene rings is 2. The third-order valence-electron chi connectivity index (χ3n) is 4.89. The second-order valence-corrected chi connectivity index (χ2v) is 6.14. The van der Waals surface area contributed by atoms with Crippen LogP contribution in [0.2, 0.25) is 0 Å². The minimum Gasteiger partial charge on any atom is -0.493 e. The molecule has 1 amide bonds. The lowest BCUT2D eigenvalue weighted by atomic mass is 9.64. The molecule has 0 spiro atoms. The van der Waals surface area contributed by atoms with E-state index >= 15 is 0 Å². The van der Waals surface area contributed by atoms with Crippen LogP contribution in [0.4, 0.5) is 0 Å². The van der Waals surface area contributed by atoms with E-state index in [1.807, 2.05) is 48.5 Å². The van der Waals surface area contributed by atoms with Gasteiger partial charge in [-0.1, -0.05) is 48.9 Å². The predicted molar refractivity (Wildman–Crippen MR) is 93.4 cm³/mol. The minimum atomic E-state index is -0.382. The summed E-state index contributed by atoms with van der Waals surface area (Å²) in [5.74, 6) is 1.43. The molecule has 0 unspecified atom stereocenters. The van der Waals surface area contributed by atoms with Crippen LogP contribution in [0.5, 0.6) is 11.5 Å². The minimum absolute atomic E-state index is 0.0878. The SMILES string of the molecule is COc1cccc(CNC(=O)C2(c3ccccc3)CCC2)c1OC. The number of methoxy groups -OCH3 is 2. The van der Waals surface area contributed by atoms with E-state index < -0.39 is 0 Å². The molecular formula is C20H23NO3. The summed E-state index contributed by atoms with van der Waals surface area (Å²) in [4.78, 5) is 12.9. The number of carbonyl (C=O) groups excluding carboxylic acids is 1. The van der Waals surface area contributed by atoms with Crippen molar-refractivity contribution in [3.8, 4) is 11.5 Å². The predicted octanol–water partition coefficient (Wildman–Crippen LogP) is 3.44. The Hall–Kier alpha value is -2.49. The number of para-hydroxylation sites is 1. The molecule has 1 aliphatic rings. The lowest BCUT2D eigenvalue weighted by Crippen LogP contribution is -2.49. The van der Waals surface area contributed by atoms with Crippen LogP contribution >= 0.6 is 0 Å². The van der Waals surface area contributed by atoms with Gasteiger partial charge in [0, 0.05) is 12.1 Å². The van der Waals surface area contributed by atoms with Crippen molar-refractivity contribution in [3.63, 3.8) is 0 Å². The first-order valence-corrected chi connectivity index (χ1v) is 8.25. The molecule has 1 N–H and O–H groups in total. The molecule has 126 valence electrons. The highest BCUT2D eigenvalue weighted by molar-refractivity contribution is 5.89. The quantitative estimate of drug-likeness (QED) is 0.885. The molecule has 0 aromatic heterocycles. The van der Waals surface area contributed by atoms with Gasteiger partial charge in [-0.15, -0.1) is 0 Å². The molecule has 2 aromatic carbocycles. The Kier molecular flexibility index (Phi) is 4.74. The number of rotatable bonds is 6. The van der Waals surface area contributed by atoms with E-state index in [2.05, 4.69) is 5.32 Å². The molecule has 24 heavy (non-hydrogen) atoms. The first kappa shape index (κ1) is 16.4. The Morgan fingerprint density at radius 1 is 1.04 bits per heavy atom. The summed E-state index contributed by atoms with van der Waals surface area (Å²) in [6.45, 7) is 0.424. The van der Waals surface area contributed by atoms with Crippen molar-refractivity contribution >= 4 is 5.91 Å². The molecule has 0 aliphatic heterocycles. The number of nitrogens with one attached hydrogen (secondary N) is 1. The molecule has 0 bridgehead atoms. The van der Waals surface area contributed by atoms with Crippen molar-refractivity contribution in [1.82, 2.24) is 5.32 Å². The van der Waals surface area contributed by atoms with Crippen LogP contribution < -0.4 is 14.8 Å². The number of hydrogen-bond donors (Lipinski definition) is 1. The molecule has 0 heterocycles. The molecular weight excluding hydrogens is 302 g/mol. The van der Waals surface area contributed by atoms with Gasteiger partial charge in [0.25, 0.3) is 0 Å². The highest BCUT2D eigenvalue weighted by Gasteiger charge is 2.45. The summed E-state index contributed by atoms with van der Waals surface area (Å²) in [6, 6.07) is 15.8. The van der Waals surface area contributed by atoms with Crippen LogP contribution in [-0.4, -0.2) is 20.1 Å². The molecule has 1 aliphatic carbocycles. The fourth-order valence-electron chi connectivity index (χ4n) is 3.37. The standard InChI is InChI=1S/C20H23NO3/c1-23-17-11-6-8-15(18(17)24-2)14-21-19(22)20(12-7-13-20)16-9-4-3-5-10-16/h3-6,8-11H,7,12-14H2,1-2H3,(H,21,22). The number of ether oxygens (including phenoxy) is 2. The van der Waals surface area contributed by atoms with Crippen molar-refractivity contribution in [2.75, 3.05) is 14.2 Å². The molecule has 0 radical (unpaired) electrons. The number of amides is 1. The molecule has 4 nitrogen and oxygen atoms in total. The van der Waals surface area contributed by atoms with Crippen molar-refractivity contribution in [2.24, 2.45) is 0 Å². The van der Waals surface area contributed by atoms with E-state index in [4.69, 9.17) is 9.47 Å². The van der Waals surface area contributed by atoms with Gasteiger partial charge in [0.2, 0.25) is 5.91 Å². The van der Waals surface area contributed by atoms with Gasteiger partial charge in [-0.3, -0.25) is 4.79 Å². The second kappa shape index (κ2) is 6.95. The maximum absolute atomic E-state index is 12.9. The van der Waals surface area contributed by atoms with Crippen molar-refractivity contribution in [2.45, 2.75) is 31.2 Å². The van der Waals surface area contributed by atoms with Gasteiger partial charge in [-0.25, -0.2) is 0 Å². The van der Waals surface area contributed by atoms with Crippen LogP contribution in [0.15, 0.2) is 48.5 Å². The largest absolute Gasteiger partial charge is 0.493 e. The zero-order valence-corrected chi connectivity index (χ0v) is 14.2. The van der Waals surface area contributed by atoms with Gasteiger partial charge < -0.3 is 14.8 Å². The van der Waals surface area contributed by atoms with Gasteiger partial charge >= 0.3 is 0 Å². The van der Waals surface area contributed by atoms with E-state index in [1.54, 1.807) is 14.2 Å². The number of carbonyl (C=O) groups is 1. The van der Waals surface area contributed by atoms with Crippen LogP contribution in [-0.2, 0) is 16.8 Å². The van der Waals surface area contributed by atoms with Gasteiger partial charge in [-0.05, 0) is 24.5 Å². The van der Waals surface area contributed by atoms with Crippen molar-refractivity contribution < 1.29 is 14.3 Å². The lowest BCUT2D eigenvalue weighted by Gasteiger charge is -2.40. The van der Waals surface area contributed by atoms with E-state index in [-0.39, 0.29) is 11.3 Å². The van der Waals surface area contributed by atoms with E-state index in [0.29, 0.717) is 18.0 Å². The zero-order chi connectivity index (χ0) is 17.0. The normalized spacial score (nSPS) is 15.2. The van der Waals surface area contributed by atoms with Gasteiger partial charge in [0.1, 0.15) is 0 Å². The summed E-state index contributed by atoms with van der Waals surface area (Å²) >= 11 is 0. The van der Waals surface area contributed by atoms with Crippen LogP contribution in [0, 0.1) is 0 Å². The topological polar surface area (TPSA) is 47.6 Å². The Balaban J connectivity index is 1.76. The summed E-state index contributed by atoms with van der Waals surface area (Å²) in [5.41, 5.74) is 1.63. The average Bonchev–Trinajstić information content (AvgIpc) is 2.59. The molecule has 3 rings (SSSR count). The maximum Gasteiger partial charge on any atom is 0.230 e.